The van der Waals surface area contributed by atoms with Gasteiger partial charge in [-0.25, -0.2) is 4.98 Å². The molecule has 1 aliphatic heterocycles. The summed E-state index contributed by atoms with van der Waals surface area (Å²) in [5, 5.41) is 9.56. The summed E-state index contributed by atoms with van der Waals surface area (Å²) in [4.78, 5) is 8.00. The van der Waals surface area contributed by atoms with Crippen molar-refractivity contribution in [3.05, 3.63) is 41.3 Å². The number of hydrogen-bond donors (Lipinski definition) is 2. The number of hydrogen-bond acceptors (Lipinski definition) is 3. The first-order valence-electron chi connectivity index (χ1n) is 6.47. The first-order chi connectivity index (χ1) is 9.14. The Morgan fingerprint density at radius 3 is 2.74 bits per heavy atom. The lowest BCUT2D eigenvalue weighted by atomic mass is 9.86. The second-order valence-corrected chi connectivity index (χ2v) is 5.36. The summed E-state index contributed by atoms with van der Waals surface area (Å²) in [7, 11) is 0. The minimum Gasteiger partial charge on any atom is -0.395 e. The number of nitrogens with zero attached hydrogens (tertiary/aromatic N) is 1. The summed E-state index contributed by atoms with van der Waals surface area (Å²) < 4.78 is 5.24. The lowest BCUT2D eigenvalue weighted by Crippen LogP contribution is -2.50. The molecule has 2 heterocycles. The maximum absolute atomic E-state index is 9.56. The van der Waals surface area contributed by atoms with Crippen molar-refractivity contribution in [1.82, 2.24) is 9.97 Å². The van der Waals surface area contributed by atoms with Crippen LogP contribution in [0.25, 0.3) is 11.3 Å². The number of nitrogens with one attached hydrogen (secondary N) is 1. The number of aromatic amines is 1. The summed E-state index contributed by atoms with van der Waals surface area (Å²) in [6.07, 6.45) is 0. The largest absolute Gasteiger partial charge is 0.395 e. The molecule has 1 saturated heterocycles. The van der Waals surface area contributed by atoms with Gasteiger partial charge in [0.2, 0.25) is 0 Å². The molecule has 4 nitrogen and oxygen atoms in total. The molecular weight excluding hydrogens is 240 g/mol. The molecule has 0 spiro atoms. The molecule has 0 radical (unpaired) electrons. The number of benzene rings is 1. The molecule has 0 bridgehead atoms. The fourth-order valence-corrected chi connectivity index (χ4v) is 2.44. The zero-order valence-electron chi connectivity index (χ0n) is 11.2. The van der Waals surface area contributed by atoms with E-state index in [9.17, 15) is 5.11 Å². The predicted molar refractivity (Wildman–Crippen MR) is 73.1 cm³/mol. The van der Waals surface area contributed by atoms with E-state index in [1.807, 2.05) is 13.0 Å². The molecule has 0 atom stereocenters. The predicted octanol–water partition coefficient (Wildman–Crippen LogP) is 1.95. The van der Waals surface area contributed by atoms with Gasteiger partial charge in [0, 0.05) is 11.3 Å². The summed E-state index contributed by atoms with van der Waals surface area (Å²) in [6, 6.07) is 8.28. The molecule has 0 unspecified atom stereocenters. The van der Waals surface area contributed by atoms with Gasteiger partial charge in [-0.1, -0.05) is 23.8 Å². The van der Waals surface area contributed by atoms with E-state index in [2.05, 4.69) is 30.1 Å². The van der Waals surface area contributed by atoms with Crippen LogP contribution in [0.2, 0.25) is 0 Å². The highest BCUT2D eigenvalue weighted by Crippen LogP contribution is 2.32. The van der Waals surface area contributed by atoms with Gasteiger partial charge < -0.3 is 14.8 Å². The third kappa shape index (κ3) is 1.97. The fourth-order valence-electron chi connectivity index (χ4n) is 2.44. The lowest BCUT2D eigenvalue weighted by molar-refractivity contribution is -0.0880. The van der Waals surface area contributed by atoms with Crippen molar-refractivity contribution in [2.24, 2.45) is 0 Å². The first kappa shape index (κ1) is 12.4. The summed E-state index contributed by atoms with van der Waals surface area (Å²) in [5.74, 6) is 0.829. The molecule has 1 aliphatic rings. The molecule has 4 heteroatoms. The van der Waals surface area contributed by atoms with Crippen LogP contribution in [0.3, 0.4) is 0 Å². The van der Waals surface area contributed by atoms with Gasteiger partial charge in [0.15, 0.2) is 0 Å². The van der Waals surface area contributed by atoms with Gasteiger partial charge in [0.1, 0.15) is 5.82 Å². The molecule has 2 N–H and O–H groups in total. The number of H-pyrrole nitrogens is 1. The van der Waals surface area contributed by atoms with Gasteiger partial charge in [-0.15, -0.1) is 0 Å². The third-order valence-corrected chi connectivity index (χ3v) is 3.74. The molecule has 0 amide bonds. The van der Waals surface area contributed by atoms with E-state index in [0.29, 0.717) is 13.2 Å². The van der Waals surface area contributed by atoms with Crippen LogP contribution in [0, 0.1) is 13.8 Å². The van der Waals surface area contributed by atoms with Gasteiger partial charge in [-0.2, -0.15) is 0 Å². The fraction of sp³-hybridized carbons (Fsp3) is 0.400. The second-order valence-electron chi connectivity index (χ2n) is 5.36. The Morgan fingerprint density at radius 2 is 2.16 bits per heavy atom. The van der Waals surface area contributed by atoms with Gasteiger partial charge in [0.25, 0.3) is 0 Å². The molecule has 2 aromatic rings. The number of ether oxygens (including phenoxy) is 1. The molecule has 0 saturated carbocycles. The van der Waals surface area contributed by atoms with Crippen molar-refractivity contribution in [3.63, 3.8) is 0 Å². The number of aromatic nitrogens is 2. The zero-order chi connectivity index (χ0) is 13.5. The van der Waals surface area contributed by atoms with Crippen LogP contribution >= 0.6 is 0 Å². The Hall–Kier alpha value is -1.65. The Balaban J connectivity index is 2.02. The molecule has 1 fully saturated rings. The Kier molecular flexibility index (Phi) is 2.92. The van der Waals surface area contributed by atoms with E-state index in [4.69, 9.17) is 9.72 Å². The van der Waals surface area contributed by atoms with Crippen LogP contribution in [-0.2, 0) is 10.2 Å². The van der Waals surface area contributed by atoms with Crippen molar-refractivity contribution < 1.29 is 9.84 Å². The van der Waals surface area contributed by atoms with Crippen LogP contribution in [0.15, 0.2) is 24.3 Å². The van der Waals surface area contributed by atoms with Crippen molar-refractivity contribution in [1.29, 1.82) is 0 Å². The van der Waals surface area contributed by atoms with Crippen molar-refractivity contribution in [3.8, 4) is 11.3 Å². The number of rotatable bonds is 3. The van der Waals surface area contributed by atoms with Crippen LogP contribution < -0.4 is 0 Å². The summed E-state index contributed by atoms with van der Waals surface area (Å²) >= 11 is 0. The molecule has 0 aliphatic carbocycles. The van der Waals surface area contributed by atoms with Crippen LogP contribution in [-0.4, -0.2) is 34.9 Å². The minimum atomic E-state index is -0.340. The van der Waals surface area contributed by atoms with E-state index in [1.54, 1.807) is 0 Å². The first-order valence-corrected chi connectivity index (χ1v) is 6.47. The molecule has 1 aromatic heterocycles. The smallest absolute Gasteiger partial charge is 0.120 e. The van der Waals surface area contributed by atoms with Crippen LogP contribution in [0.5, 0.6) is 0 Å². The Morgan fingerprint density at radius 1 is 1.37 bits per heavy atom. The van der Waals surface area contributed by atoms with Crippen molar-refractivity contribution >= 4 is 0 Å². The molecule has 19 heavy (non-hydrogen) atoms. The van der Waals surface area contributed by atoms with Crippen molar-refractivity contribution in [2.75, 3.05) is 19.8 Å². The van der Waals surface area contributed by atoms with Crippen LogP contribution in [0.1, 0.15) is 17.1 Å². The molecule has 100 valence electrons. The monoisotopic (exact) mass is 258 g/mol. The average molecular weight is 258 g/mol. The highest BCUT2D eigenvalue weighted by Gasteiger charge is 2.43. The lowest BCUT2D eigenvalue weighted by Gasteiger charge is -2.37. The maximum atomic E-state index is 9.56. The summed E-state index contributed by atoms with van der Waals surface area (Å²) in [5.41, 5.74) is 3.96. The van der Waals surface area contributed by atoms with Crippen LogP contribution in [0.4, 0.5) is 0 Å². The van der Waals surface area contributed by atoms with E-state index < -0.39 is 0 Å². The molecule has 3 rings (SSSR count). The van der Waals surface area contributed by atoms with E-state index in [1.165, 1.54) is 5.56 Å². The normalized spacial score (nSPS) is 17.2. The number of aliphatic hydroxyl groups is 1. The highest BCUT2D eigenvalue weighted by molar-refractivity contribution is 5.63. The van der Waals surface area contributed by atoms with Gasteiger partial charge >= 0.3 is 0 Å². The number of aryl methyl sites for hydroxylation is 2. The van der Waals surface area contributed by atoms with E-state index in [0.717, 1.165) is 22.8 Å². The van der Waals surface area contributed by atoms with Gasteiger partial charge in [-0.3, -0.25) is 0 Å². The summed E-state index contributed by atoms with van der Waals surface area (Å²) in [6.45, 7) is 5.21. The van der Waals surface area contributed by atoms with Crippen molar-refractivity contribution in [2.45, 2.75) is 19.3 Å². The topological polar surface area (TPSA) is 58.1 Å². The minimum absolute atomic E-state index is 0.0627. The number of aliphatic hydroxyl groups excluding tert-OH is 1. The second kappa shape index (κ2) is 4.47. The number of imidazole rings is 1. The van der Waals surface area contributed by atoms with Gasteiger partial charge in [-0.05, 0) is 19.9 Å². The van der Waals surface area contributed by atoms with E-state index >= 15 is 0 Å². The van der Waals surface area contributed by atoms with E-state index in [-0.39, 0.29) is 12.0 Å². The maximum Gasteiger partial charge on any atom is 0.120 e. The zero-order valence-corrected chi connectivity index (χ0v) is 11.2. The SMILES string of the molecule is Cc1cccc(-c2nc(C3(CO)COC3)[nH]c2C)c1. The third-order valence-electron chi connectivity index (χ3n) is 3.74. The standard InChI is InChI=1S/C15H18N2O2/c1-10-4-3-5-12(6-10)13-11(2)16-14(17-13)15(7-18)8-19-9-15/h3-6,18H,7-9H2,1-2H3,(H,16,17). The average Bonchev–Trinajstić information content (AvgIpc) is 2.71. The molecular formula is C15H18N2O2. The Labute approximate surface area is 112 Å². The quantitative estimate of drug-likeness (QED) is 0.884. The molecule has 1 aromatic carbocycles. The van der Waals surface area contributed by atoms with Gasteiger partial charge in [0.05, 0.1) is 30.9 Å². The highest BCUT2D eigenvalue weighted by atomic mass is 16.5. The Bertz CT molecular complexity index is 594.